The zero-order valence-corrected chi connectivity index (χ0v) is 12.7. The molecule has 0 saturated heterocycles. The molecule has 3 atom stereocenters. The van der Waals surface area contributed by atoms with Crippen LogP contribution in [0.25, 0.3) is 0 Å². The van der Waals surface area contributed by atoms with Gasteiger partial charge in [-0.2, -0.15) is 0 Å². The van der Waals surface area contributed by atoms with Crippen LogP contribution in [0.1, 0.15) is 50.2 Å². The van der Waals surface area contributed by atoms with Gasteiger partial charge in [0, 0.05) is 12.3 Å². The van der Waals surface area contributed by atoms with E-state index in [4.69, 9.17) is 4.42 Å². The summed E-state index contributed by atoms with van der Waals surface area (Å²) in [5.74, 6) is 1.82. The van der Waals surface area contributed by atoms with Crippen LogP contribution in [0.15, 0.2) is 16.5 Å². The van der Waals surface area contributed by atoms with E-state index in [0.29, 0.717) is 6.42 Å². The fourth-order valence-electron chi connectivity index (χ4n) is 2.81. The predicted molar refractivity (Wildman–Crippen MR) is 75.9 cm³/mol. The molecule has 1 heterocycles. The highest BCUT2D eigenvalue weighted by molar-refractivity contribution is 7.91. The standard InChI is InChI=1S/C14H23NO3S/c1-10-7-8-14(18-10)11(2)15-12-5-4-6-13(9-12)19(3,16)17/h7-8,11-13,15H,4-6,9H2,1-3H3. The SMILES string of the molecule is Cc1ccc(C(C)NC2CCCC(S(C)(=O)=O)C2)o1. The van der Waals surface area contributed by atoms with Crippen molar-refractivity contribution in [2.45, 2.75) is 56.9 Å². The molecule has 108 valence electrons. The van der Waals surface area contributed by atoms with E-state index in [-0.39, 0.29) is 17.3 Å². The second-order valence-electron chi connectivity index (χ2n) is 5.65. The van der Waals surface area contributed by atoms with Crippen LogP contribution in [-0.2, 0) is 9.84 Å². The number of aryl methyl sites for hydroxylation is 1. The third-order valence-electron chi connectivity index (χ3n) is 3.91. The van der Waals surface area contributed by atoms with Crippen molar-refractivity contribution in [2.75, 3.05) is 6.26 Å². The molecule has 2 rings (SSSR count). The molecule has 3 unspecified atom stereocenters. The predicted octanol–water partition coefficient (Wildman–Crippen LogP) is 2.59. The van der Waals surface area contributed by atoms with Gasteiger partial charge in [0.1, 0.15) is 21.4 Å². The molecule has 1 N–H and O–H groups in total. The molecule has 1 aromatic heterocycles. The van der Waals surface area contributed by atoms with Gasteiger partial charge in [-0.1, -0.05) is 6.42 Å². The normalized spacial score (nSPS) is 26.3. The summed E-state index contributed by atoms with van der Waals surface area (Å²) in [5.41, 5.74) is 0. The lowest BCUT2D eigenvalue weighted by Gasteiger charge is -2.30. The summed E-state index contributed by atoms with van der Waals surface area (Å²) >= 11 is 0. The van der Waals surface area contributed by atoms with Gasteiger partial charge in [0.15, 0.2) is 0 Å². The molecule has 0 spiro atoms. The first kappa shape index (κ1) is 14.6. The molecule has 4 nitrogen and oxygen atoms in total. The monoisotopic (exact) mass is 285 g/mol. The van der Waals surface area contributed by atoms with Crippen LogP contribution < -0.4 is 5.32 Å². The van der Waals surface area contributed by atoms with E-state index >= 15 is 0 Å². The van der Waals surface area contributed by atoms with Gasteiger partial charge in [-0.25, -0.2) is 8.42 Å². The Hall–Kier alpha value is -0.810. The summed E-state index contributed by atoms with van der Waals surface area (Å²) in [6, 6.07) is 4.31. The van der Waals surface area contributed by atoms with Crippen molar-refractivity contribution in [1.82, 2.24) is 5.32 Å². The Morgan fingerprint density at radius 1 is 1.37 bits per heavy atom. The number of sulfone groups is 1. The number of nitrogens with one attached hydrogen (secondary N) is 1. The fourth-order valence-corrected chi connectivity index (χ4v) is 3.98. The van der Waals surface area contributed by atoms with Crippen molar-refractivity contribution in [3.63, 3.8) is 0 Å². The van der Waals surface area contributed by atoms with E-state index in [1.54, 1.807) is 0 Å². The zero-order chi connectivity index (χ0) is 14.0. The van der Waals surface area contributed by atoms with Crippen molar-refractivity contribution in [3.8, 4) is 0 Å². The van der Waals surface area contributed by atoms with Crippen molar-refractivity contribution < 1.29 is 12.8 Å². The number of hydrogen-bond donors (Lipinski definition) is 1. The van der Waals surface area contributed by atoms with E-state index < -0.39 is 9.84 Å². The Bertz CT molecular complexity index is 521. The number of rotatable bonds is 4. The first-order valence-corrected chi connectivity index (χ1v) is 8.83. The van der Waals surface area contributed by atoms with Gasteiger partial charge < -0.3 is 9.73 Å². The highest BCUT2D eigenvalue weighted by atomic mass is 32.2. The molecule has 5 heteroatoms. The second kappa shape index (κ2) is 5.67. The molecule has 19 heavy (non-hydrogen) atoms. The minimum absolute atomic E-state index is 0.122. The summed E-state index contributed by atoms with van der Waals surface area (Å²) in [6.07, 6.45) is 4.86. The summed E-state index contributed by atoms with van der Waals surface area (Å²) < 4.78 is 28.9. The molecule has 0 radical (unpaired) electrons. The molecule has 0 aromatic carbocycles. The van der Waals surface area contributed by atoms with Crippen LogP contribution in [0.2, 0.25) is 0 Å². The summed E-state index contributed by atoms with van der Waals surface area (Å²) in [5, 5.41) is 3.30. The quantitative estimate of drug-likeness (QED) is 0.923. The molecule has 0 bridgehead atoms. The van der Waals surface area contributed by atoms with Gasteiger partial charge in [-0.05, 0) is 45.2 Å². The Balaban J connectivity index is 1.95. The van der Waals surface area contributed by atoms with Gasteiger partial charge in [-0.15, -0.1) is 0 Å². The Kier molecular flexibility index (Phi) is 4.36. The molecule has 1 fully saturated rings. The minimum atomic E-state index is -2.92. The fraction of sp³-hybridized carbons (Fsp3) is 0.714. The Morgan fingerprint density at radius 3 is 2.68 bits per heavy atom. The van der Waals surface area contributed by atoms with Gasteiger partial charge >= 0.3 is 0 Å². The number of furan rings is 1. The largest absolute Gasteiger partial charge is 0.465 e. The van der Waals surface area contributed by atoms with E-state index in [2.05, 4.69) is 12.2 Å². The van der Waals surface area contributed by atoms with E-state index in [0.717, 1.165) is 30.8 Å². The van der Waals surface area contributed by atoms with Gasteiger partial charge in [-0.3, -0.25) is 0 Å². The van der Waals surface area contributed by atoms with Gasteiger partial charge in [0.2, 0.25) is 0 Å². The molecule has 0 amide bonds. The van der Waals surface area contributed by atoms with E-state index in [9.17, 15) is 8.42 Å². The molecule has 1 aliphatic carbocycles. The molecule has 1 aromatic rings. The molecule has 1 aliphatic rings. The molecular formula is C14H23NO3S. The third-order valence-corrected chi connectivity index (χ3v) is 5.54. The number of hydrogen-bond acceptors (Lipinski definition) is 4. The first-order chi connectivity index (χ1) is 8.86. The van der Waals surface area contributed by atoms with E-state index in [1.165, 1.54) is 6.26 Å². The van der Waals surface area contributed by atoms with Crippen molar-refractivity contribution in [3.05, 3.63) is 23.7 Å². The smallest absolute Gasteiger partial charge is 0.150 e. The van der Waals surface area contributed by atoms with Crippen molar-refractivity contribution in [2.24, 2.45) is 0 Å². The summed E-state index contributed by atoms with van der Waals surface area (Å²) in [4.78, 5) is 0. The maximum Gasteiger partial charge on any atom is 0.150 e. The van der Waals surface area contributed by atoms with Crippen LogP contribution in [-0.4, -0.2) is 26.0 Å². The van der Waals surface area contributed by atoms with Crippen LogP contribution in [0.4, 0.5) is 0 Å². The molecule has 1 saturated carbocycles. The molecule has 0 aliphatic heterocycles. The Morgan fingerprint density at radius 2 is 2.11 bits per heavy atom. The summed E-state index contributed by atoms with van der Waals surface area (Å²) in [7, 11) is -2.92. The first-order valence-electron chi connectivity index (χ1n) is 6.87. The second-order valence-corrected chi connectivity index (χ2v) is 7.98. The van der Waals surface area contributed by atoms with E-state index in [1.807, 2.05) is 19.1 Å². The average Bonchev–Trinajstić information content (AvgIpc) is 2.75. The lowest BCUT2D eigenvalue weighted by atomic mass is 9.94. The van der Waals surface area contributed by atoms with Gasteiger partial charge in [0.25, 0.3) is 0 Å². The maximum atomic E-state index is 11.6. The minimum Gasteiger partial charge on any atom is -0.465 e. The lowest BCUT2D eigenvalue weighted by Crippen LogP contribution is -2.39. The average molecular weight is 285 g/mol. The highest BCUT2D eigenvalue weighted by Gasteiger charge is 2.29. The van der Waals surface area contributed by atoms with Crippen LogP contribution >= 0.6 is 0 Å². The topological polar surface area (TPSA) is 59.3 Å². The zero-order valence-electron chi connectivity index (χ0n) is 11.8. The third kappa shape index (κ3) is 3.83. The highest BCUT2D eigenvalue weighted by Crippen LogP contribution is 2.26. The lowest BCUT2D eigenvalue weighted by molar-refractivity contribution is 0.321. The summed E-state index contributed by atoms with van der Waals surface area (Å²) in [6.45, 7) is 3.98. The van der Waals surface area contributed by atoms with Crippen LogP contribution in [0.5, 0.6) is 0 Å². The maximum absolute atomic E-state index is 11.6. The van der Waals surface area contributed by atoms with Crippen LogP contribution in [0, 0.1) is 6.92 Å². The van der Waals surface area contributed by atoms with Crippen molar-refractivity contribution >= 4 is 9.84 Å². The molecular weight excluding hydrogens is 262 g/mol. The van der Waals surface area contributed by atoms with Crippen molar-refractivity contribution in [1.29, 1.82) is 0 Å². The van der Waals surface area contributed by atoms with Crippen LogP contribution in [0.3, 0.4) is 0 Å². The van der Waals surface area contributed by atoms with Gasteiger partial charge in [0.05, 0.1) is 11.3 Å². The Labute approximate surface area is 115 Å².